The van der Waals surface area contributed by atoms with E-state index in [1.807, 2.05) is 0 Å². The number of carbonyl (C=O) groups excluding carboxylic acids is 1. The Labute approximate surface area is 144 Å². The highest BCUT2D eigenvalue weighted by Gasteiger charge is 2.37. The Morgan fingerprint density at radius 1 is 1.36 bits per heavy atom. The maximum atomic E-state index is 12.7. The Morgan fingerprint density at radius 2 is 2.20 bits per heavy atom. The minimum Gasteiger partial charge on any atom is -0.493 e. The van der Waals surface area contributed by atoms with Crippen molar-refractivity contribution in [3.05, 3.63) is 23.8 Å². The summed E-state index contributed by atoms with van der Waals surface area (Å²) in [7, 11) is 1.37. The minimum absolute atomic E-state index is 0.0000419. The summed E-state index contributed by atoms with van der Waals surface area (Å²) in [5.74, 6) is 0.0317. The molecule has 138 valence electrons. The predicted molar refractivity (Wildman–Crippen MR) is 84.0 cm³/mol. The molecule has 2 aliphatic rings. The molecule has 25 heavy (non-hydrogen) atoms. The molecule has 1 amide bonds. The molecule has 2 aliphatic heterocycles. The van der Waals surface area contributed by atoms with E-state index >= 15 is 0 Å². The number of halogens is 2. The van der Waals surface area contributed by atoms with Gasteiger partial charge in [0.15, 0.2) is 11.5 Å². The fraction of sp³-hybridized carbons (Fsp3) is 0.588. The van der Waals surface area contributed by atoms with Gasteiger partial charge in [-0.3, -0.25) is 4.79 Å². The fourth-order valence-corrected chi connectivity index (χ4v) is 3.26. The Kier molecular flexibility index (Phi) is 5.70. The van der Waals surface area contributed by atoms with Gasteiger partial charge in [0, 0.05) is 13.2 Å². The molecule has 0 aromatic heterocycles. The third kappa shape index (κ3) is 4.19. The topological polar surface area (TPSA) is 57.2 Å². The molecule has 1 aromatic carbocycles. The zero-order valence-corrected chi connectivity index (χ0v) is 14.0. The summed E-state index contributed by atoms with van der Waals surface area (Å²) in [5.41, 5.74) is 0.584. The lowest BCUT2D eigenvalue weighted by Gasteiger charge is -2.43. The molecule has 0 saturated carbocycles. The van der Waals surface area contributed by atoms with Gasteiger partial charge in [-0.25, -0.2) is 0 Å². The number of morpholine rings is 1. The zero-order chi connectivity index (χ0) is 17.8. The van der Waals surface area contributed by atoms with Crippen LogP contribution < -0.4 is 9.47 Å². The van der Waals surface area contributed by atoms with Gasteiger partial charge < -0.3 is 23.8 Å². The zero-order valence-electron chi connectivity index (χ0n) is 14.0. The van der Waals surface area contributed by atoms with Gasteiger partial charge in [0.1, 0.15) is 0 Å². The van der Waals surface area contributed by atoms with Gasteiger partial charge >= 0.3 is 6.61 Å². The molecule has 1 aromatic rings. The van der Waals surface area contributed by atoms with Gasteiger partial charge in [0.05, 0.1) is 38.9 Å². The summed E-state index contributed by atoms with van der Waals surface area (Å²) in [6, 6.07) is 4.51. The monoisotopic (exact) mass is 357 g/mol. The Bertz CT molecular complexity index is 611. The van der Waals surface area contributed by atoms with E-state index in [4.69, 9.17) is 14.2 Å². The molecule has 2 fully saturated rings. The van der Waals surface area contributed by atoms with Crippen LogP contribution >= 0.6 is 0 Å². The highest BCUT2D eigenvalue weighted by atomic mass is 19.3. The second-order valence-corrected chi connectivity index (χ2v) is 5.97. The number of benzene rings is 1. The molecule has 0 radical (unpaired) electrons. The maximum absolute atomic E-state index is 12.7. The molecule has 0 aliphatic carbocycles. The summed E-state index contributed by atoms with van der Waals surface area (Å²) in [6.07, 6.45) is 0.857. The van der Waals surface area contributed by atoms with Crippen LogP contribution in [0.3, 0.4) is 0 Å². The second-order valence-electron chi connectivity index (χ2n) is 5.97. The van der Waals surface area contributed by atoms with Gasteiger partial charge in [0.2, 0.25) is 5.91 Å². The average Bonchev–Trinajstić information content (AvgIpc) is 2.61. The smallest absolute Gasteiger partial charge is 0.387 e. The van der Waals surface area contributed by atoms with Crippen molar-refractivity contribution in [1.29, 1.82) is 0 Å². The number of hydrogen-bond acceptors (Lipinski definition) is 5. The van der Waals surface area contributed by atoms with Gasteiger partial charge in [-0.1, -0.05) is 6.07 Å². The van der Waals surface area contributed by atoms with Crippen molar-refractivity contribution in [2.24, 2.45) is 0 Å². The first-order valence-corrected chi connectivity index (χ1v) is 8.19. The maximum Gasteiger partial charge on any atom is 0.387 e. The summed E-state index contributed by atoms with van der Waals surface area (Å²) >= 11 is 0. The lowest BCUT2D eigenvalue weighted by Crippen LogP contribution is -2.58. The first kappa shape index (κ1) is 17.9. The lowest BCUT2D eigenvalue weighted by molar-refractivity contribution is -0.160. The number of nitrogens with zero attached hydrogens (tertiary/aromatic N) is 1. The fourth-order valence-electron chi connectivity index (χ4n) is 3.26. The van der Waals surface area contributed by atoms with Crippen molar-refractivity contribution in [2.45, 2.75) is 31.6 Å². The Hall–Kier alpha value is -1.93. The number of rotatable bonds is 5. The molecule has 2 saturated heterocycles. The first-order chi connectivity index (χ1) is 12.1. The molecular formula is C17H21F2NO5. The third-order valence-corrected chi connectivity index (χ3v) is 4.45. The van der Waals surface area contributed by atoms with Gasteiger partial charge in [-0.15, -0.1) is 0 Å². The normalized spacial score (nSPS) is 23.3. The number of hydrogen-bond donors (Lipinski definition) is 0. The van der Waals surface area contributed by atoms with E-state index in [1.165, 1.54) is 19.2 Å². The molecule has 2 atom stereocenters. The van der Waals surface area contributed by atoms with E-state index < -0.39 is 6.61 Å². The molecule has 2 heterocycles. The number of methoxy groups -OCH3 is 1. The SMILES string of the molecule is COc1ccc(CC(=O)N2CCOC3CCOCC32)cc1OC(F)F. The van der Waals surface area contributed by atoms with Crippen LogP contribution in [0.4, 0.5) is 8.78 Å². The average molecular weight is 357 g/mol. The molecule has 0 N–H and O–H groups in total. The van der Waals surface area contributed by atoms with Crippen molar-refractivity contribution in [3.8, 4) is 11.5 Å². The number of fused-ring (bicyclic) bond motifs is 1. The highest BCUT2D eigenvalue weighted by molar-refractivity contribution is 5.79. The molecular weight excluding hydrogens is 336 g/mol. The van der Waals surface area contributed by atoms with Crippen LogP contribution in [0.5, 0.6) is 11.5 Å². The quantitative estimate of drug-likeness (QED) is 0.805. The van der Waals surface area contributed by atoms with Gasteiger partial charge in [-0.2, -0.15) is 8.78 Å². The highest BCUT2D eigenvalue weighted by Crippen LogP contribution is 2.30. The molecule has 3 rings (SSSR count). The summed E-state index contributed by atoms with van der Waals surface area (Å²) in [5, 5.41) is 0. The lowest BCUT2D eigenvalue weighted by atomic mass is 10.0. The van der Waals surface area contributed by atoms with Crippen molar-refractivity contribution in [3.63, 3.8) is 0 Å². The van der Waals surface area contributed by atoms with Crippen molar-refractivity contribution >= 4 is 5.91 Å². The van der Waals surface area contributed by atoms with E-state index in [1.54, 1.807) is 11.0 Å². The van der Waals surface area contributed by atoms with E-state index in [0.29, 0.717) is 31.9 Å². The van der Waals surface area contributed by atoms with Crippen molar-refractivity contribution in [1.82, 2.24) is 4.90 Å². The van der Waals surface area contributed by atoms with E-state index in [0.717, 1.165) is 6.42 Å². The summed E-state index contributed by atoms with van der Waals surface area (Å²) in [6.45, 7) is -0.872. The van der Waals surface area contributed by atoms with Crippen molar-refractivity contribution < 1.29 is 32.5 Å². The Balaban J connectivity index is 1.71. The molecule has 0 bridgehead atoms. The second kappa shape index (κ2) is 7.97. The van der Waals surface area contributed by atoms with Crippen LogP contribution in [0, 0.1) is 0 Å². The number of alkyl halides is 2. The molecule has 8 heteroatoms. The summed E-state index contributed by atoms with van der Waals surface area (Å²) < 4.78 is 45.7. The van der Waals surface area contributed by atoms with Crippen molar-refractivity contribution in [2.75, 3.05) is 33.5 Å². The van der Waals surface area contributed by atoms with Crippen LogP contribution in [-0.2, 0) is 20.7 Å². The molecule has 0 spiro atoms. The third-order valence-electron chi connectivity index (χ3n) is 4.45. The minimum atomic E-state index is -2.96. The standard InChI is InChI=1S/C17H21F2NO5/c1-22-14-3-2-11(8-15(14)25-17(18)19)9-16(21)20-5-7-24-13-4-6-23-10-12(13)20/h2-3,8,12-13,17H,4-7,9-10H2,1H3. The van der Waals surface area contributed by atoms with Gasteiger partial charge in [-0.05, 0) is 24.1 Å². The van der Waals surface area contributed by atoms with Crippen LogP contribution in [0.15, 0.2) is 18.2 Å². The van der Waals surface area contributed by atoms with Crippen LogP contribution in [0.1, 0.15) is 12.0 Å². The predicted octanol–water partition coefficient (Wildman–Crippen LogP) is 1.86. The molecule has 6 nitrogen and oxygen atoms in total. The summed E-state index contributed by atoms with van der Waals surface area (Å²) in [4.78, 5) is 14.5. The molecule has 2 unspecified atom stereocenters. The Morgan fingerprint density at radius 3 is 2.96 bits per heavy atom. The van der Waals surface area contributed by atoms with E-state index in [-0.39, 0.29) is 36.0 Å². The van der Waals surface area contributed by atoms with Crippen LogP contribution in [0.2, 0.25) is 0 Å². The van der Waals surface area contributed by atoms with Gasteiger partial charge in [0.25, 0.3) is 0 Å². The van der Waals surface area contributed by atoms with Crippen LogP contribution in [0.25, 0.3) is 0 Å². The van der Waals surface area contributed by atoms with E-state index in [2.05, 4.69) is 4.74 Å². The number of ether oxygens (including phenoxy) is 4. The first-order valence-electron chi connectivity index (χ1n) is 8.19. The van der Waals surface area contributed by atoms with Crippen LogP contribution in [-0.4, -0.2) is 63.0 Å². The number of amides is 1. The van der Waals surface area contributed by atoms with E-state index in [9.17, 15) is 13.6 Å². The largest absolute Gasteiger partial charge is 0.493 e. The number of carbonyl (C=O) groups is 1.